The van der Waals surface area contributed by atoms with Crippen molar-refractivity contribution in [2.24, 2.45) is 20.8 Å². The van der Waals surface area contributed by atoms with E-state index in [1.54, 1.807) is 0 Å². The molecule has 8 nitrogen and oxygen atoms in total. The van der Waals surface area contributed by atoms with Crippen molar-refractivity contribution in [1.29, 1.82) is 0 Å². The Balaban J connectivity index is 0.898. The standard InChI is InChI=1S/C77H73BN8/c1-73(2,3)49-35-29-45(30-36-49)67-79-68(46-31-37-50(38-32-46)74(4,5)6)82-71(81-67)54-21-16-25-58-62(54)52-19-14-23-56-65(52)85(58)60-27-18-28-61-64(60)78(56)57-24-15-20-53-63-55(22-17-26-59(63)86(61)66(53)57)72-83-69(47-33-39-51(40-34-47)75(7,8)9)80-70(84-72)48-41-43-77(13,44-42-48)76(10,11)12/h14-43,69H,44H2,1-13H3,(H,80,83,84). The van der Waals surface area contributed by atoms with E-state index in [4.69, 9.17) is 24.9 Å². The van der Waals surface area contributed by atoms with Gasteiger partial charge in [0.05, 0.1) is 11.0 Å². The third kappa shape index (κ3) is 8.35. The normalized spacial score (nSPS) is 17.5. The molecule has 86 heavy (non-hydrogen) atoms. The van der Waals surface area contributed by atoms with Crippen LogP contribution in [0.25, 0.3) is 89.2 Å². The van der Waals surface area contributed by atoms with Gasteiger partial charge in [0, 0.05) is 71.8 Å². The first-order valence-electron chi connectivity index (χ1n) is 30.7. The first-order valence-corrected chi connectivity index (χ1v) is 30.7. The highest BCUT2D eigenvalue weighted by Gasteiger charge is 2.42. The van der Waals surface area contributed by atoms with Gasteiger partial charge in [0.2, 0.25) is 0 Å². The summed E-state index contributed by atoms with van der Waals surface area (Å²) in [6.07, 6.45) is 7.57. The molecule has 11 aromatic rings. The van der Waals surface area contributed by atoms with Gasteiger partial charge in [0.1, 0.15) is 12.0 Å². The fraction of sp³-hybridized carbons (Fsp3) is 0.260. The fourth-order valence-corrected chi connectivity index (χ4v) is 13.8. The Morgan fingerprint density at radius 3 is 1.47 bits per heavy atom. The van der Waals surface area contributed by atoms with Gasteiger partial charge in [-0.15, -0.1) is 0 Å². The summed E-state index contributed by atoms with van der Waals surface area (Å²) in [6.45, 7) is 29.6. The number of hydrogen-bond acceptors (Lipinski definition) is 6. The van der Waals surface area contributed by atoms with Gasteiger partial charge in [0.25, 0.3) is 6.71 Å². The van der Waals surface area contributed by atoms with E-state index in [0.717, 1.165) is 67.9 Å². The van der Waals surface area contributed by atoms with Crippen LogP contribution in [0.1, 0.15) is 130 Å². The van der Waals surface area contributed by atoms with Crippen LogP contribution >= 0.6 is 0 Å². The van der Waals surface area contributed by atoms with Gasteiger partial charge < -0.3 is 14.5 Å². The third-order valence-corrected chi connectivity index (χ3v) is 19.5. The van der Waals surface area contributed by atoms with Gasteiger partial charge in [-0.2, -0.15) is 0 Å². The van der Waals surface area contributed by atoms with E-state index >= 15 is 0 Å². The minimum atomic E-state index is -0.343. The second-order valence-electron chi connectivity index (χ2n) is 28.9. The number of benzene rings is 8. The van der Waals surface area contributed by atoms with E-state index in [2.05, 4.69) is 286 Å². The Bertz CT molecular complexity index is 4710. The monoisotopic (exact) mass is 1120 g/mol. The Labute approximate surface area is 505 Å². The maximum atomic E-state index is 5.53. The number of nitrogens with one attached hydrogen (secondary N) is 1. The summed E-state index contributed by atoms with van der Waals surface area (Å²) in [5.41, 5.74) is 21.0. The Hall–Kier alpha value is -8.95. The lowest BCUT2D eigenvalue weighted by Crippen LogP contribution is -2.59. The number of nitrogens with zero attached hydrogens (tertiary/aromatic N) is 7. The van der Waals surface area contributed by atoms with Crippen molar-refractivity contribution in [1.82, 2.24) is 29.4 Å². The molecule has 9 heteroatoms. The predicted octanol–water partition coefficient (Wildman–Crippen LogP) is 16.5. The summed E-state index contributed by atoms with van der Waals surface area (Å²) >= 11 is 0. The summed E-state index contributed by atoms with van der Waals surface area (Å²) in [6, 6.07) is 60.6. The molecule has 8 aromatic carbocycles. The number of amidine groups is 2. The lowest BCUT2D eigenvalue weighted by Gasteiger charge is -2.41. The lowest BCUT2D eigenvalue weighted by atomic mass is 9.34. The largest absolute Gasteiger partial charge is 0.344 e. The van der Waals surface area contributed by atoms with E-state index in [-0.39, 0.29) is 40.0 Å². The molecule has 0 saturated heterocycles. The molecule has 4 aliphatic rings. The second-order valence-corrected chi connectivity index (χ2v) is 28.9. The van der Waals surface area contributed by atoms with Crippen LogP contribution in [-0.2, 0) is 16.2 Å². The molecule has 0 spiro atoms. The van der Waals surface area contributed by atoms with Gasteiger partial charge in [0.15, 0.2) is 23.3 Å². The van der Waals surface area contributed by atoms with Crippen LogP contribution in [0.15, 0.2) is 198 Å². The third-order valence-electron chi connectivity index (χ3n) is 19.5. The van der Waals surface area contributed by atoms with Crippen LogP contribution < -0.4 is 21.7 Å². The molecule has 6 heterocycles. The Morgan fingerprint density at radius 2 is 0.977 bits per heavy atom. The molecule has 2 unspecified atom stereocenters. The summed E-state index contributed by atoms with van der Waals surface area (Å²) in [5, 5.41) is 8.57. The lowest BCUT2D eigenvalue weighted by molar-refractivity contribution is 0.170. The zero-order valence-electron chi connectivity index (χ0n) is 51.8. The molecule has 15 rings (SSSR count). The Kier molecular flexibility index (Phi) is 11.7. The molecule has 0 radical (unpaired) electrons. The maximum Gasteiger partial charge on any atom is 0.252 e. The molecular weight excluding hydrogens is 1050 g/mol. The van der Waals surface area contributed by atoms with Crippen molar-refractivity contribution in [2.45, 2.75) is 119 Å². The average molecular weight is 1120 g/mol. The number of aromatic nitrogens is 5. The number of hydrogen-bond donors (Lipinski definition) is 1. The van der Waals surface area contributed by atoms with E-state index < -0.39 is 0 Å². The number of allylic oxidation sites excluding steroid dienone is 2. The molecule has 0 saturated carbocycles. The highest BCUT2D eigenvalue weighted by atomic mass is 15.2. The van der Waals surface area contributed by atoms with Gasteiger partial charge in [-0.1, -0.05) is 248 Å². The first kappa shape index (κ1) is 53.8. The molecular formula is C77H73BN8. The molecule has 2 atom stereocenters. The summed E-state index contributed by atoms with van der Waals surface area (Å²) in [4.78, 5) is 27.0. The number of para-hydroxylation sites is 2. The van der Waals surface area contributed by atoms with Gasteiger partial charge in [-0.25, -0.2) is 24.9 Å². The number of aliphatic imine (C=N–C) groups is 2. The highest BCUT2D eigenvalue weighted by Crippen LogP contribution is 2.47. The van der Waals surface area contributed by atoms with Gasteiger partial charge in [-0.05, 0) is 96.4 Å². The highest BCUT2D eigenvalue weighted by molar-refractivity contribution is 7.00. The minimum absolute atomic E-state index is 0.00941. The van der Waals surface area contributed by atoms with Crippen LogP contribution in [0.5, 0.6) is 0 Å². The van der Waals surface area contributed by atoms with Crippen molar-refractivity contribution in [3.8, 4) is 45.5 Å². The number of fused-ring (bicyclic) bond motifs is 10. The van der Waals surface area contributed by atoms with Crippen LogP contribution in [0.2, 0.25) is 0 Å². The molecule has 0 fully saturated rings. The smallest absolute Gasteiger partial charge is 0.252 e. The van der Waals surface area contributed by atoms with Crippen LogP contribution in [0, 0.1) is 10.8 Å². The van der Waals surface area contributed by atoms with E-state index in [1.165, 1.54) is 71.6 Å². The molecule has 424 valence electrons. The van der Waals surface area contributed by atoms with Crippen LogP contribution in [0.3, 0.4) is 0 Å². The minimum Gasteiger partial charge on any atom is -0.344 e. The number of rotatable bonds is 6. The molecule has 1 N–H and O–H groups in total. The van der Waals surface area contributed by atoms with Gasteiger partial charge >= 0.3 is 0 Å². The molecule has 3 aliphatic heterocycles. The molecule has 0 bridgehead atoms. The quantitative estimate of drug-likeness (QED) is 0.168. The van der Waals surface area contributed by atoms with Crippen molar-refractivity contribution in [3.05, 3.63) is 215 Å². The average Bonchev–Trinajstić information content (AvgIpc) is 1.48. The predicted molar refractivity (Wildman–Crippen MR) is 361 cm³/mol. The fourth-order valence-electron chi connectivity index (χ4n) is 13.8. The topological polar surface area (TPSA) is 85.3 Å². The molecule has 0 amide bonds. The second kappa shape index (κ2) is 18.8. The van der Waals surface area contributed by atoms with Crippen LogP contribution in [0.4, 0.5) is 0 Å². The van der Waals surface area contributed by atoms with Crippen molar-refractivity contribution in [3.63, 3.8) is 0 Å². The summed E-state index contributed by atoms with van der Waals surface area (Å²) in [5.74, 6) is 3.51. The van der Waals surface area contributed by atoms with E-state index in [9.17, 15) is 0 Å². The molecule has 1 aliphatic carbocycles. The van der Waals surface area contributed by atoms with Crippen molar-refractivity contribution < 1.29 is 0 Å². The maximum absolute atomic E-state index is 5.53. The van der Waals surface area contributed by atoms with Crippen molar-refractivity contribution >= 4 is 78.4 Å². The van der Waals surface area contributed by atoms with Crippen molar-refractivity contribution in [2.75, 3.05) is 0 Å². The van der Waals surface area contributed by atoms with Gasteiger partial charge in [-0.3, -0.25) is 0 Å². The summed E-state index contributed by atoms with van der Waals surface area (Å²) in [7, 11) is 0. The van der Waals surface area contributed by atoms with E-state index in [1.807, 2.05) is 0 Å². The van der Waals surface area contributed by atoms with E-state index in [0.29, 0.717) is 17.5 Å². The zero-order chi connectivity index (χ0) is 59.6. The zero-order valence-corrected chi connectivity index (χ0v) is 51.8. The molecule has 3 aromatic heterocycles. The Morgan fingerprint density at radius 1 is 0.512 bits per heavy atom. The van der Waals surface area contributed by atoms with Crippen LogP contribution in [-0.4, -0.2) is 42.5 Å². The summed E-state index contributed by atoms with van der Waals surface area (Å²) < 4.78 is 5.06. The first-order chi connectivity index (χ1) is 41.0. The SMILES string of the molecule is CC(C)(C)c1ccc(-c2nc(-c3ccc(C(C)(C)C)cc3)nc(-c3cccc4c3c3cccc5c3n4-c3cccc4c3B5c3cccc5c6c(C7=NC(C8=CCC(C)(C(C)(C)C)C=C8)=NC(c8ccc(C(C)(C)C)cc8)N7)cccc6n-4c35)n2)cc1.